The summed E-state index contributed by atoms with van der Waals surface area (Å²) >= 11 is 0. The van der Waals surface area contributed by atoms with E-state index >= 15 is 0 Å². The van der Waals surface area contributed by atoms with E-state index in [4.69, 9.17) is 4.74 Å². The molecule has 88 valence electrons. The highest BCUT2D eigenvalue weighted by Crippen LogP contribution is 2.30. The molecule has 0 atom stereocenters. The molecule has 0 radical (unpaired) electrons. The number of rotatable bonds is 3. The van der Waals surface area contributed by atoms with Gasteiger partial charge in [0.15, 0.2) is 0 Å². The molecule has 1 fully saturated rings. The first kappa shape index (κ1) is 11.2. The van der Waals surface area contributed by atoms with Crippen molar-refractivity contribution in [3.63, 3.8) is 0 Å². The van der Waals surface area contributed by atoms with Gasteiger partial charge in [0.05, 0.1) is 12.3 Å². The van der Waals surface area contributed by atoms with Crippen molar-refractivity contribution in [2.24, 2.45) is 0 Å². The highest BCUT2D eigenvalue weighted by molar-refractivity contribution is 7.91. The number of nitrogens with zero attached hydrogens (tertiary/aromatic N) is 1. The fourth-order valence-corrected chi connectivity index (χ4v) is 2.91. The van der Waals surface area contributed by atoms with Gasteiger partial charge in [0, 0.05) is 13.1 Å². The first-order valence-electron chi connectivity index (χ1n) is 5.14. The SMILES string of the molecule is CCOc1ccccc1N1CCNS1(=O)=O. The Balaban J connectivity index is 2.40. The van der Waals surface area contributed by atoms with Gasteiger partial charge in [-0.2, -0.15) is 13.1 Å². The summed E-state index contributed by atoms with van der Waals surface area (Å²) in [5.41, 5.74) is 0.592. The van der Waals surface area contributed by atoms with Gasteiger partial charge in [-0.05, 0) is 19.1 Å². The first-order chi connectivity index (χ1) is 7.65. The highest BCUT2D eigenvalue weighted by atomic mass is 32.2. The second-order valence-electron chi connectivity index (χ2n) is 3.37. The van der Waals surface area contributed by atoms with Gasteiger partial charge in [0.25, 0.3) is 0 Å². The predicted octanol–water partition coefficient (Wildman–Crippen LogP) is 0.740. The third-order valence-corrected chi connectivity index (χ3v) is 3.85. The van der Waals surface area contributed by atoms with Crippen LogP contribution in [0.25, 0.3) is 0 Å². The second-order valence-corrected chi connectivity index (χ2v) is 5.05. The van der Waals surface area contributed by atoms with Gasteiger partial charge in [-0.1, -0.05) is 12.1 Å². The molecule has 1 aromatic carbocycles. The Morgan fingerprint density at radius 2 is 2.19 bits per heavy atom. The maximum Gasteiger partial charge on any atom is 0.301 e. The lowest BCUT2D eigenvalue weighted by Crippen LogP contribution is -2.29. The molecule has 5 nitrogen and oxygen atoms in total. The number of benzene rings is 1. The topological polar surface area (TPSA) is 58.6 Å². The smallest absolute Gasteiger partial charge is 0.301 e. The van der Waals surface area contributed by atoms with E-state index in [1.165, 1.54) is 4.31 Å². The Bertz CT molecular complexity index is 473. The van der Waals surface area contributed by atoms with Crippen molar-refractivity contribution in [3.8, 4) is 5.75 Å². The summed E-state index contributed by atoms with van der Waals surface area (Å²) < 4.78 is 32.6. The number of para-hydroxylation sites is 2. The van der Waals surface area contributed by atoms with Crippen LogP contribution in [0.5, 0.6) is 5.75 Å². The van der Waals surface area contributed by atoms with Crippen LogP contribution in [0.4, 0.5) is 5.69 Å². The summed E-state index contributed by atoms with van der Waals surface area (Å²) in [5, 5.41) is 0. The number of hydrogen-bond acceptors (Lipinski definition) is 3. The minimum absolute atomic E-state index is 0.433. The van der Waals surface area contributed by atoms with Gasteiger partial charge < -0.3 is 4.74 Å². The molecular formula is C10H14N2O3S. The summed E-state index contributed by atoms with van der Waals surface area (Å²) in [4.78, 5) is 0. The molecule has 0 aromatic heterocycles. The largest absolute Gasteiger partial charge is 0.492 e. The fourth-order valence-electron chi connectivity index (χ4n) is 1.66. The average Bonchev–Trinajstić information content (AvgIpc) is 2.59. The fraction of sp³-hybridized carbons (Fsp3) is 0.400. The lowest BCUT2D eigenvalue weighted by molar-refractivity contribution is 0.341. The van der Waals surface area contributed by atoms with Crippen molar-refractivity contribution < 1.29 is 13.2 Å². The van der Waals surface area contributed by atoms with E-state index < -0.39 is 10.2 Å². The van der Waals surface area contributed by atoms with Crippen molar-refractivity contribution in [3.05, 3.63) is 24.3 Å². The molecule has 1 aliphatic heterocycles. The average molecular weight is 242 g/mol. The molecule has 6 heteroatoms. The second kappa shape index (κ2) is 4.31. The number of anilines is 1. The highest BCUT2D eigenvalue weighted by Gasteiger charge is 2.29. The van der Waals surface area contributed by atoms with Crippen LogP contribution in [0.2, 0.25) is 0 Å². The minimum Gasteiger partial charge on any atom is -0.492 e. The maximum absolute atomic E-state index is 11.7. The van der Waals surface area contributed by atoms with Crippen LogP contribution in [0, 0.1) is 0 Å². The van der Waals surface area contributed by atoms with E-state index in [0.29, 0.717) is 31.1 Å². The van der Waals surface area contributed by atoms with Crippen molar-refractivity contribution in [1.29, 1.82) is 0 Å². The summed E-state index contributed by atoms with van der Waals surface area (Å²) in [7, 11) is -3.38. The monoisotopic (exact) mass is 242 g/mol. The zero-order chi connectivity index (χ0) is 11.6. The maximum atomic E-state index is 11.7. The summed E-state index contributed by atoms with van der Waals surface area (Å²) in [6, 6.07) is 7.14. The molecule has 0 aliphatic carbocycles. The summed E-state index contributed by atoms with van der Waals surface area (Å²) in [5.74, 6) is 0.595. The Hall–Kier alpha value is -1.27. The Kier molecular flexibility index (Phi) is 3.02. The van der Waals surface area contributed by atoms with E-state index in [-0.39, 0.29) is 0 Å². The Labute approximate surface area is 95.2 Å². The molecule has 0 saturated carbocycles. The third-order valence-electron chi connectivity index (χ3n) is 2.32. The van der Waals surface area contributed by atoms with Crippen molar-refractivity contribution in [1.82, 2.24) is 4.72 Å². The molecule has 1 saturated heterocycles. The molecular weight excluding hydrogens is 228 g/mol. The number of ether oxygens (including phenoxy) is 1. The van der Waals surface area contributed by atoms with Crippen LogP contribution in [0.15, 0.2) is 24.3 Å². The molecule has 1 heterocycles. The standard InChI is InChI=1S/C10H14N2O3S/c1-2-15-10-6-4-3-5-9(10)12-8-7-11-16(12,13)14/h3-6,11H,2,7-8H2,1H3. The molecule has 0 spiro atoms. The van der Waals surface area contributed by atoms with Crippen molar-refractivity contribution in [2.75, 3.05) is 24.0 Å². The lowest BCUT2D eigenvalue weighted by atomic mass is 10.3. The molecule has 1 aliphatic rings. The Morgan fingerprint density at radius 3 is 2.81 bits per heavy atom. The molecule has 0 amide bonds. The molecule has 0 unspecified atom stereocenters. The quantitative estimate of drug-likeness (QED) is 0.850. The first-order valence-corrected chi connectivity index (χ1v) is 6.58. The predicted molar refractivity (Wildman–Crippen MR) is 61.9 cm³/mol. The molecule has 2 rings (SSSR count). The molecule has 1 aromatic rings. The van der Waals surface area contributed by atoms with Gasteiger partial charge in [-0.15, -0.1) is 0 Å². The van der Waals surface area contributed by atoms with Gasteiger partial charge in [0.2, 0.25) is 0 Å². The summed E-state index contributed by atoms with van der Waals surface area (Å²) in [6.45, 7) is 3.25. The number of hydrogen-bond donors (Lipinski definition) is 1. The van der Waals surface area contributed by atoms with E-state index in [1.54, 1.807) is 18.2 Å². The molecule has 0 bridgehead atoms. The van der Waals surface area contributed by atoms with Crippen molar-refractivity contribution >= 4 is 15.9 Å². The molecule has 16 heavy (non-hydrogen) atoms. The van der Waals surface area contributed by atoms with E-state index in [2.05, 4.69) is 4.72 Å². The van der Waals surface area contributed by atoms with Gasteiger partial charge in [0.1, 0.15) is 5.75 Å². The summed E-state index contributed by atoms with van der Waals surface area (Å²) in [6.07, 6.45) is 0. The zero-order valence-electron chi connectivity index (χ0n) is 9.01. The normalized spacial score (nSPS) is 18.7. The van der Waals surface area contributed by atoms with E-state index in [9.17, 15) is 8.42 Å². The van der Waals surface area contributed by atoms with E-state index in [0.717, 1.165) is 0 Å². The van der Waals surface area contributed by atoms with Gasteiger partial charge >= 0.3 is 10.2 Å². The van der Waals surface area contributed by atoms with Crippen LogP contribution in [-0.2, 0) is 10.2 Å². The van der Waals surface area contributed by atoms with Gasteiger partial charge in [-0.3, -0.25) is 4.31 Å². The van der Waals surface area contributed by atoms with Crippen LogP contribution in [0.1, 0.15) is 6.92 Å². The van der Waals surface area contributed by atoms with Gasteiger partial charge in [-0.25, -0.2) is 0 Å². The van der Waals surface area contributed by atoms with Crippen molar-refractivity contribution in [2.45, 2.75) is 6.92 Å². The van der Waals surface area contributed by atoms with Crippen LogP contribution < -0.4 is 13.8 Å². The molecule has 1 N–H and O–H groups in total. The third kappa shape index (κ3) is 1.98. The Morgan fingerprint density at radius 1 is 1.44 bits per heavy atom. The van der Waals surface area contributed by atoms with Crippen LogP contribution in [-0.4, -0.2) is 28.1 Å². The number of nitrogens with one attached hydrogen (secondary N) is 1. The minimum atomic E-state index is -3.38. The van der Waals surface area contributed by atoms with E-state index in [1.807, 2.05) is 13.0 Å². The van der Waals surface area contributed by atoms with Crippen LogP contribution in [0.3, 0.4) is 0 Å². The zero-order valence-corrected chi connectivity index (χ0v) is 9.83. The lowest BCUT2D eigenvalue weighted by Gasteiger charge is -2.19. The van der Waals surface area contributed by atoms with Crippen LogP contribution >= 0.6 is 0 Å².